The van der Waals surface area contributed by atoms with E-state index in [4.69, 9.17) is 0 Å². The zero-order valence-corrected chi connectivity index (χ0v) is 14.5. The molecule has 1 fully saturated rings. The Bertz CT molecular complexity index is 560. The average Bonchev–Trinajstić information content (AvgIpc) is 2.78. The van der Waals surface area contributed by atoms with Gasteiger partial charge in [0.1, 0.15) is 6.54 Å². The first-order valence-electron chi connectivity index (χ1n) is 8.62. The minimum absolute atomic E-state index is 0.00647. The van der Waals surface area contributed by atoms with Crippen LogP contribution in [0.3, 0.4) is 0 Å². The number of hydrogen-bond acceptors (Lipinski definition) is 2. The Morgan fingerprint density at radius 2 is 1.78 bits per heavy atom. The summed E-state index contributed by atoms with van der Waals surface area (Å²) in [6.45, 7) is 5.74. The third kappa shape index (κ3) is 4.81. The van der Waals surface area contributed by atoms with Gasteiger partial charge in [0.25, 0.3) is 0 Å². The normalized spacial score (nSPS) is 15.8. The number of hydrogen-bond donors (Lipinski definition) is 1. The van der Waals surface area contributed by atoms with Gasteiger partial charge in [-0.15, -0.1) is 0 Å². The third-order valence-electron chi connectivity index (χ3n) is 4.86. The molecule has 126 valence electrons. The summed E-state index contributed by atoms with van der Waals surface area (Å²) in [4.78, 5) is 26.2. The van der Waals surface area contributed by atoms with Gasteiger partial charge in [-0.25, -0.2) is 0 Å². The standard InChI is InChI=1S/C19H28N2O2/c1-14-9-8-12-18(15(14)2)20-19(23)13-21(16(3)22)17-10-6-4-5-7-11-17/h8-9,12,17H,4-7,10-11,13H2,1-3H3,(H,20,23). The molecule has 1 aromatic carbocycles. The van der Waals surface area contributed by atoms with E-state index >= 15 is 0 Å². The van der Waals surface area contributed by atoms with Crippen LogP contribution >= 0.6 is 0 Å². The fourth-order valence-electron chi connectivity index (χ4n) is 3.30. The van der Waals surface area contributed by atoms with Gasteiger partial charge < -0.3 is 10.2 Å². The molecule has 0 radical (unpaired) electrons. The van der Waals surface area contributed by atoms with Crippen molar-refractivity contribution in [3.63, 3.8) is 0 Å². The molecule has 0 aromatic heterocycles. The highest BCUT2D eigenvalue weighted by molar-refractivity contribution is 5.95. The quantitative estimate of drug-likeness (QED) is 0.859. The highest BCUT2D eigenvalue weighted by Crippen LogP contribution is 2.22. The molecule has 4 nitrogen and oxygen atoms in total. The Morgan fingerprint density at radius 1 is 1.13 bits per heavy atom. The van der Waals surface area contributed by atoms with Crippen LogP contribution in [0.1, 0.15) is 56.6 Å². The summed E-state index contributed by atoms with van der Waals surface area (Å²) in [5.74, 6) is -0.119. The van der Waals surface area contributed by atoms with Gasteiger partial charge >= 0.3 is 0 Å². The van der Waals surface area contributed by atoms with E-state index in [1.54, 1.807) is 11.8 Å². The highest BCUT2D eigenvalue weighted by Gasteiger charge is 2.24. The minimum Gasteiger partial charge on any atom is -0.331 e. The van der Waals surface area contributed by atoms with Crippen molar-refractivity contribution in [2.24, 2.45) is 0 Å². The Kier molecular flexibility index (Phi) is 6.20. The van der Waals surface area contributed by atoms with Crippen LogP contribution in [0.15, 0.2) is 18.2 Å². The van der Waals surface area contributed by atoms with Crippen LogP contribution in [-0.2, 0) is 9.59 Å². The summed E-state index contributed by atoms with van der Waals surface area (Å²) < 4.78 is 0. The SMILES string of the molecule is CC(=O)N(CC(=O)Nc1cccc(C)c1C)C1CCCCCC1. The molecule has 1 saturated carbocycles. The summed E-state index contributed by atoms with van der Waals surface area (Å²) in [7, 11) is 0. The van der Waals surface area contributed by atoms with Crippen LogP contribution in [0.2, 0.25) is 0 Å². The van der Waals surface area contributed by atoms with Gasteiger partial charge in [-0.3, -0.25) is 9.59 Å². The highest BCUT2D eigenvalue weighted by atomic mass is 16.2. The minimum atomic E-state index is -0.113. The Morgan fingerprint density at radius 3 is 2.39 bits per heavy atom. The van der Waals surface area contributed by atoms with Gasteiger partial charge in [0.15, 0.2) is 0 Å². The number of anilines is 1. The first-order chi connectivity index (χ1) is 11.0. The zero-order valence-electron chi connectivity index (χ0n) is 14.5. The van der Waals surface area contributed by atoms with Crippen LogP contribution in [0.25, 0.3) is 0 Å². The lowest BCUT2D eigenvalue weighted by atomic mass is 10.1. The summed E-state index contributed by atoms with van der Waals surface area (Å²) in [6.07, 6.45) is 6.78. The number of rotatable bonds is 4. The van der Waals surface area contributed by atoms with E-state index in [-0.39, 0.29) is 24.4 Å². The predicted molar refractivity (Wildman–Crippen MR) is 93.4 cm³/mol. The smallest absolute Gasteiger partial charge is 0.244 e. The molecule has 0 aliphatic heterocycles. The molecule has 1 aromatic rings. The lowest BCUT2D eigenvalue weighted by molar-refractivity contribution is -0.135. The lowest BCUT2D eigenvalue weighted by Gasteiger charge is -2.29. The van der Waals surface area contributed by atoms with Crippen LogP contribution in [-0.4, -0.2) is 29.3 Å². The number of nitrogens with zero attached hydrogens (tertiary/aromatic N) is 1. The van der Waals surface area contributed by atoms with Gasteiger partial charge in [-0.1, -0.05) is 37.8 Å². The van der Waals surface area contributed by atoms with Gasteiger partial charge in [0.05, 0.1) is 0 Å². The van der Waals surface area contributed by atoms with Crippen LogP contribution in [0.4, 0.5) is 5.69 Å². The van der Waals surface area contributed by atoms with E-state index in [2.05, 4.69) is 5.32 Å². The molecule has 0 bridgehead atoms. The fourth-order valence-corrected chi connectivity index (χ4v) is 3.30. The molecular formula is C19H28N2O2. The monoisotopic (exact) mass is 316 g/mol. The topological polar surface area (TPSA) is 49.4 Å². The van der Waals surface area contributed by atoms with Crippen molar-refractivity contribution in [2.45, 2.75) is 65.3 Å². The van der Waals surface area contributed by atoms with Crippen molar-refractivity contribution >= 4 is 17.5 Å². The van der Waals surface area contributed by atoms with Gasteiger partial charge in [-0.2, -0.15) is 0 Å². The van der Waals surface area contributed by atoms with E-state index in [9.17, 15) is 9.59 Å². The van der Waals surface area contributed by atoms with Crippen molar-refractivity contribution < 1.29 is 9.59 Å². The average molecular weight is 316 g/mol. The molecule has 1 N–H and O–H groups in total. The summed E-state index contributed by atoms with van der Waals surface area (Å²) in [5.41, 5.74) is 3.05. The van der Waals surface area contributed by atoms with E-state index in [1.165, 1.54) is 12.8 Å². The van der Waals surface area contributed by atoms with Crippen molar-refractivity contribution in [1.82, 2.24) is 4.90 Å². The molecule has 0 saturated heterocycles. The molecule has 1 aliphatic rings. The van der Waals surface area contributed by atoms with Crippen molar-refractivity contribution in [3.05, 3.63) is 29.3 Å². The molecule has 2 amide bonds. The number of benzene rings is 1. The maximum atomic E-state index is 12.4. The van der Waals surface area contributed by atoms with E-state index in [1.807, 2.05) is 32.0 Å². The van der Waals surface area contributed by atoms with E-state index < -0.39 is 0 Å². The molecule has 2 rings (SSSR count). The number of nitrogens with one attached hydrogen (secondary N) is 1. The largest absolute Gasteiger partial charge is 0.331 e. The predicted octanol–water partition coefficient (Wildman–Crippen LogP) is 3.81. The maximum Gasteiger partial charge on any atom is 0.244 e. The van der Waals surface area contributed by atoms with Gasteiger partial charge in [0, 0.05) is 18.7 Å². The third-order valence-corrected chi connectivity index (χ3v) is 4.86. The van der Waals surface area contributed by atoms with Gasteiger partial charge in [0.2, 0.25) is 11.8 Å². The lowest BCUT2D eigenvalue weighted by Crippen LogP contribution is -2.43. The molecule has 0 unspecified atom stereocenters. The molecule has 0 atom stereocenters. The molecule has 1 aliphatic carbocycles. The molecule has 0 heterocycles. The Hall–Kier alpha value is -1.84. The van der Waals surface area contributed by atoms with Crippen LogP contribution < -0.4 is 5.32 Å². The number of aryl methyl sites for hydroxylation is 1. The fraction of sp³-hybridized carbons (Fsp3) is 0.579. The van der Waals surface area contributed by atoms with Crippen molar-refractivity contribution in [3.8, 4) is 0 Å². The van der Waals surface area contributed by atoms with E-state index in [0.717, 1.165) is 42.5 Å². The van der Waals surface area contributed by atoms with Crippen LogP contribution in [0.5, 0.6) is 0 Å². The first-order valence-corrected chi connectivity index (χ1v) is 8.62. The Labute approximate surface area is 139 Å². The zero-order chi connectivity index (χ0) is 16.8. The second kappa shape index (κ2) is 8.14. The summed E-state index contributed by atoms with van der Waals surface area (Å²) >= 11 is 0. The van der Waals surface area contributed by atoms with Crippen molar-refractivity contribution in [1.29, 1.82) is 0 Å². The van der Waals surface area contributed by atoms with Crippen LogP contribution in [0, 0.1) is 13.8 Å². The maximum absolute atomic E-state index is 12.4. The molecular weight excluding hydrogens is 288 g/mol. The molecule has 23 heavy (non-hydrogen) atoms. The second-order valence-corrected chi connectivity index (χ2v) is 6.59. The van der Waals surface area contributed by atoms with E-state index in [0.29, 0.717) is 0 Å². The Balaban J connectivity index is 2.03. The number of amides is 2. The second-order valence-electron chi connectivity index (χ2n) is 6.59. The molecule has 4 heteroatoms. The number of carbonyl (C=O) groups excluding carboxylic acids is 2. The van der Waals surface area contributed by atoms with Gasteiger partial charge in [-0.05, 0) is 43.9 Å². The summed E-state index contributed by atoms with van der Waals surface area (Å²) in [5, 5.41) is 2.96. The number of carbonyl (C=O) groups is 2. The summed E-state index contributed by atoms with van der Waals surface area (Å²) in [6, 6.07) is 6.08. The van der Waals surface area contributed by atoms with Crippen molar-refractivity contribution in [2.75, 3.05) is 11.9 Å². The molecule has 0 spiro atoms. The first kappa shape index (κ1) is 17.5.